The van der Waals surface area contributed by atoms with Gasteiger partial charge in [0.25, 0.3) is 0 Å². The van der Waals surface area contributed by atoms with E-state index in [1.165, 1.54) is 0 Å². The van der Waals surface area contributed by atoms with Gasteiger partial charge in [0.15, 0.2) is 5.82 Å². The van der Waals surface area contributed by atoms with E-state index in [4.69, 9.17) is 10.8 Å². The van der Waals surface area contributed by atoms with E-state index in [0.29, 0.717) is 24.6 Å². The summed E-state index contributed by atoms with van der Waals surface area (Å²) in [4.78, 5) is 10.9. The van der Waals surface area contributed by atoms with Crippen molar-refractivity contribution in [3.8, 4) is 0 Å². The molecule has 0 radical (unpaired) electrons. The molecule has 1 aromatic rings. The molecule has 0 aromatic carbocycles. The van der Waals surface area contributed by atoms with Crippen LogP contribution in [0.1, 0.15) is 31.5 Å². The first kappa shape index (κ1) is 11.0. The number of carboxylic acids is 1. The predicted octanol–water partition coefficient (Wildman–Crippen LogP) is -0.286. The number of aromatic nitrogens is 4. The van der Waals surface area contributed by atoms with Crippen molar-refractivity contribution in [1.82, 2.24) is 20.6 Å². The van der Waals surface area contributed by atoms with Crippen molar-refractivity contribution in [1.29, 1.82) is 0 Å². The van der Waals surface area contributed by atoms with Crippen molar-refractivity contribution in [2.45, 2.75) is 37.6 Å². The zero-order chi connectivity index (χ0) is 11.6. The number of nitrogens with zero attached hydrogens (tertiary/aromatic N) is 3. The lowest BCUT2D eigenvalue weighted by molar-refractivity contribution is -0.144. The molecule has 4 N–H and O–H groups in total. The molecule has 0 aliphatic heterocycles. The molecule has 2 rings (SSSR count). The van der Waals surface area contributed by atoms with Gasteiger partial charge in [0.05, 0.1) is 0 Å². The van der Waals surface area contributed by atoms with Gasteiger partial charge in [0.1, 0.15) is 5.54 Å². The summed E-state index contributed by atoms with van der Waals surface area (Å²) in [5.74, 6) is 0.198. The van der Waals surface area contributed by atoms with Crippen LogP contribution in [0.2, 0.25) is 0 Å². The summed E-state index contributed by atoms with van der Waals surface area (Å²) in [5, 5.41) is 22.6. The second-order valence-corrected chi connectivity index (χ2v) is 4.44. The van der Waals surface area contributed by atoms with Gasteiger partial charge in [0, 0.05) is 6.42 Å². The summed E-state index contributed by atoms with van der Waals surface area (Å²) in [5.41, 5.74) is 4.75. The van der Waals surface area contributed by atoms with E-state index in [1.807, 2.05) is 0 Å². The van der Waals surface area contributed by atoms with Gasteiger partial charge in [-0.3, -0.25) is 4.79 Å². The van der Waals surface area contributed by atoms with E-state index >= 15 is 0 Å². The molecular formula is C9H15N5O2. The minimum atomic E-state index is -1.03. The van der Waals surface area contributed by atoms with Gasteiger partial charge in [-0.1, -0.05) is 5.21 Å². The number of carbonyl (C=O) groups is 1. The Labute approximate surface area is 92.4 Å². The monoisotopic (exact) mass is 225 g/mol. The van der Waals surface area contributed by atoms with Gasteiger partial charge in [-0.2, -0.15) is 5.21 Å². The van der Waals surface area contributed by atoms with Crippen molar-refractivity contribution >= 4 is 5.97 Å². The van der Waals surface area contributed by atoms with Crippen LogP contribution in [0.15, 0.2) is 0 Å². The van der Waals surface area contributed by atoms with E-state index in [-0.39, 0.29) is 0 Å². The summed E-state index contributed by atoms with van der Waals surface area (Å²) < 4.78 is 0. The minimum absolute atomic E-state index is 0.411. The zero-order valence-electron chi connectivity index (χ0n) is 8.89. The molecule has 16 heavy (non-hydrogen) atoms. The lowest BCUT2D eigenvalue weighted by atomic mass is 9.76. The minimum Gasteiger partial charge on any atom is -0.480 e. The SMILES string of the molecule is NC1(C(=O)O)CCC(Cc2nn[nH]n2)CC1. The van der Waals surface area contributed by atoms with E-state index in [2.05, 4.69) is 20.6 Å². The first-order valence-corrected chi connectivity index (χ1v) is 5.35. The van der Waals surface area contributed by atoms with Crippen LogP contribution in [-0.2, 0) is 11.2 Å². The smallest absolute Gasteiger partial charge is 0.323 e. The second kappa shape index (κ2) is 4.17. The molecule has 1 aliphatic rings. The molecule has 7 heteroatoms. The molecule has 0 saturated heterocycles. The fourth-order valence-corrected chi connectivity index (χ4v) is 2.14. The first-order chi connectivity index (χ1) is 7.60. The molecule has 88 valence electrons. The maximum absolute atomic E-state index is 10.9. The summed E-state index contributed by atoms with van der Waals surface area (Å²) in [7, 11) is 0. The molecule has 0 atom stereocenters. The number of carboxylic acid groups (broad SMARTS) is 1. The number of rotatable bonds is 3. The average Bonchev–Trinajstić information content (AvgIpc) is 2.74. The predicted molar refractivity (Wildman–Crippen MR) is 54.4 cm³/mol. The summed E-state index contributed by atoms with van der Waals surface area (Å²) in [6, 6.07) is 0. The van der Waals surface area contributed by atoms with Crippen molar-refractivity contribution in [2.24, 2.45) is 11.7 Å². The van der Waals surface area contributed by atoms with Crippen LogP contribution in [0.25, 0.3) is 0 Å². The van der Waals surface area contributed by atoms with Crippen molar-refractivity contribution in [3.05, 3.63) is 5.82 Å². The molecule has 1 fully saturated rings. The number of nitrogens with one attached hydrogen (secondary N) is 1. The number of aromatic amines is 1. The first-order valence-electron chi connectivity index (χ1n) is 5.35. The lowest BCUT2D eigenvalue weighted by Gasteiger charge is -2.33. The Balaban J connectivity index is 1.88. The number of H-pyrrole nitrogens is 1. The summed E-state index contributed by atoms with van der Waals surface area (Å²) >= 11 is 0. The largest absolute Gasteiger partial charge is 0.480 e. The number of hydrogen-bond acceptors (Lipinski definition) is 5. The van der Waals surface area contributed by atoms with Crippen LogP contribution in [0.5, 0.6) is 0 Å². The summed E-state index contributed by atoms with van der Waals surface area (Å²) in [6.07, 6.45) is 3.39. The molecule has 0 unspecified atom stereocenters. The van der Waals surface area contributed by atoms with E-state index < -0.39 is 11.5 Å². The van der Waals surface area contributed by atoms with Crippen molar-refractivity contribution in [2.75, 3.05) is 0 Å². The normalized spacial score (nSPS) is 30.2. The topological polar surface area (TPSA) is 118 Å². The van der Waals surface area contributed by atoms with Crippen LogP contribution >= 0.6 is 0 Å². The zero-order valence-corrected chi connectivity index (χ0v) is 8.89. The van der Waals surface area contributed by atoms with Gasteiger partial charge in [0.2, 0.25) is 0 Å². The van der Waals surface area contributed by atoms with E-state index in [1.54, 1.807) is 0 Å². The number of nitrogens with two attached hydrogens (primary N) is 1. The third kappa shape index (κ3) is 2.19. The highest BCUT2D eigenvalue weighted by molar-refractivity contribution is 5.78. The molecule has 1 aliphatic carbocycles. The van der Waals surface area contributed by atoms with Crippen molar-refractivity contribution in [3.63, 3.8) is 0 Å². The quantitative estimate of drug-likeness (QED) is 0.650. The number of hydrogen-bond donors (Lipinski definition) is 3. The average molecular weight is 225 g/mol. The lowest BCUT2D eigenvalue weighted by Crippen LogP contribution is -2.50. The van der Waals surface area contributed by atoms with Gasteiger partial charge in [-0.25, -0.2) is 0 Å². The Morgan fingerprint density at radius 1 is 1.56 bits per heavy atom. The molecule has 7 nitrogen and oxygen atoms in total. The molecular weight excluding hydrogens is 210 g/mol. The molecule has 0 spiro atoms. The Hall–Kier alpha value is -1.50. The van der Waals surface area contributed by atoms with E-state index in [0.717, 1.165) is 19.3 Å². The fourth-order valence-electron chi connectivity index (χ4n) is 2.14. The third-order valence-electron chi connectivity index (χ3n) is 3.28. The Kier molecular flexibility index (Phi) is 2.86. The molecule has 0 bridgehead atoms. The summed E-state index contributed by atoms with van der Waals surface area (Å²) in [6.45, 7) is 0. The fraction of sp³-hybridized carbons (Fsp3) is 0.778. The van der Waals surface area contributed by atoms with Gasteiger partial charge in [-0.15, -0.1) is 10.2 Å². The van der Waals surface area contributed by atoms with Crippen molar-refractivity contribution < 1.29 is 9.90 Å². The number of tetrazole rings is 1. The Bertz CT molecular complexity index is 356. The Morgan fingerprint density at radius 2 is 2.25 bits per heavy atom. The standard InChI is InChI=1S/C9H15N5O2/c10-9(8(15)16)3-1-6(2-4-9)5-7-11-13-14-12-7/h6H,1-5,10H2,(H,15,16)(H,11,12,13,14). The van der Waals surface area contributed by atoms with Crippen LogP contribution in [-0.4, -0.2) is 37.2 Å². The highest BCUT2D eigenvalue weighted by atomic mass is 16.4. The second-order valence-electron chi connectivity index (χ2n) is 4.44. The number of aliphatic carboxylic acids is 1. The molecule has 1 aromatic heterocycles. The third-order valence-corrected chi connectivity index (χ3v) is 3.28. The Morgan fingerprint density at radius 3 is 2.75 bits per heavy atom. The molecule has 0 amide bonds. The molecule has 1 heterocycles. The highest BCUT2D eigenvalue weighted by Crippen LogP contribution is 2.31. The van der Waals surface area contributed by atoms with Crippen LogP contribution < -0.4 is 5.73 Å². The van der Waals surface area contributed by atoms with Crippen LogP contribution in [0, 0.1) is 5.92 Å². The maximum Gasteiger partial charge on any atom is 0.323 e. The van der Waals surface area contributed by atoms with Gasteiger partial charge in [-0.05, 0) is 31.6 Å². The van der Waals surface area contributed by atoms with Gasteiger partial charge < -0.3 is 10.8 Å². The molecule has 1 saturated carbocycles. The maximum atomic E-state index is 10.9. The van der Waals surface area contributed by atoms with Crippen LogP contribution in [0.3, 0.4) is 0 Å². The van der Waals surface area contributed by atoms with E-state index in [9.17, 15) is 4.79 Å². The van der Waals surface area contributed by atoms with Gasteiger partial charge >= 0.3 is 5.97 Å². The highest BCUT2D eigenvalue weighted by Gasteiger charge is 2.38. The van der Waals surface area contributed by atoms with Crippen LogP contribution in [0.4, 0.5) is 0 Å².